The van der Waals surface area contributed by atoms with Gasteiger partial charge in [-0.05, 0) is 24.9 Å². The van der Waals surface area contributed by atoms with Crippen LogP contribution in [0.1, 0.15) is 61.5 Å². The Morgan fingerprint density at radius 1 is 1.09 bits per heavy atom. The van der Waals surface area contributed by atoms with Crippen LogP contribution >= 0.6 is 0 Å². The van der Waals surface area contributed by atoms with E-state index in [1.807, 2.05) is 0 Å². The summed E-state index contributed by atoms with van der Waals surface area (Å²) in [5, 5.41) is 2.97. The van der Waals surface area contributed by atoms with Gasteiger partial charge in [-0.2, -0.15) is 0 Å². The van der Waals surface area contributed by atoms with Crippen molar-refractivity contribution in [3.63, 3.8) is 0 Å². The highest BCUT2D eigenvalue weighted by atomic mass is 28.2. The van der Waals surface area contributed by atoms with Crippen LogP contribution in [0.3, 0.4) is 0 Å². The van der Waals surface area contributed by atoms with Gasteiger partial charge in [0.25, 0.3) is 0 Å². The van der Waals surface area contributed by atoms with Crippen LogP contribution in [-0.4, -0.2) is 45.0 Å². The first kappa shape index (κ1) is 15.1. The first-order valence-corrected chi connectivity index (χ1v) is 10.3. The number of rotatable bonds is 2. The molecule has 23 heavy (non-hydrogen) atoms. The predicted octanol–water partition coefficient (Wildman–Crippen LogP) is 1.57. The standard InChI is InChI=1S/C17H24N4OSi/c22-15-6-8-21(9-7-18-15)17-13-10-23-11-14(13)19-16(20-17)12-4-2-1-3-5-12/h12H,1-11H2,(H,18,22). The van der Waals surface area contributed by atoms with Gasteiger partial charge in [0.2, 0.25) is 5.91 Å². The molecule has 0 bridgehead atoms. The average molecular weight is 328 g/mol. The zero-order valence-corrected chi connectivity index (χ0v) is 14.6. The fourth-order valence-corrected chi connectivity index (χ4v) is 5.22. The molecular formula is C17H24N4OSi. The third-order valence-electron chi connectivity index (χ3n) is 5.26. The normalized spacial score (nSPS) is 22.6. The second-order valence-electron chi connectivity index (χ2n) is 6.86. The maximum absolute atomic E-state index is 11.6. The minimum Gasteiger partial charge on any atom is -0.354 e. The fraction of sp³-hybridized carbons (Fsp3) is 0.706. The number of nitrogens with one attached hydrogen (secondary N) is 1. The summed E-state index contributed by atoms with van der Waals surface area (Å²) in [4.78, 5) is 24.0. The number of fused-ring (bicyclic) bond motifs is 1. The van der Waals surface area contributed by atoms with Crippen LogP contribution in [0.5, 0.6) is 0 Å². The van der Waals surface area contributed by atoms with Gasteiger partial charge in [0.1, 0.15) is 11.6 Å². The lowest BCUT2D eigenvalue weighted by Gasteiger charge is -2.26. The third-order valence-corrected chi connectivity index (χ3v) is 6.45. The van der Waals surface area contributed by atoms with Crippen LogP contribution in [0.15, 0.2) is 0 Å². The fourth-order valence-electron chi connectivity index (χ4n) is 3.95. The lowest BCUT2D eigenvalue weighted by molar-refractivity contribution is -0.120. The molecule has 5 nitrogen and oxygen atoms in total. The van der Waals surface area contributed by atoms with Crippen molar-refractivity contribution < 1.29 is 4.79 Å². The van der Waals surface area contributed by atoms with E-state index < -0.39 is 0 Å². The van der Waals surface area contributed by atoms with Gasteiger partial charge in [0, 0.05) is 43.2 Å². The van der Waals surface area contributed by atoms with E-state index in [0.29, 0.717) is 12.3 Å². The Hall–Kier alpha value is -1.43. The highest BCUT2D eigenvalue weighted by Crippen LogP contribution is 2.34. The van der Waals surface area contributed by atoms with E-state index in [9.17, 15) is 4.79 Å². The summed E-state index contributed by atoms with van der Waals surface area (Å²) in [7, 11) is 0.944. The van der Waals surface area contributed by atoms with Crippen LogP contribution < -0.4 is 10.2 Å². The Kier molecular flexibility index (Phi) is 4.33. The molecule has 0 aromatic carbocycles. The van der Waals surface area contributed by atoms with Crippen molar-refractivity contribution in [1.82, 2.24) is 15.3 Å². The van der Waals surface area contributed by atoms with Crippen LogP contribution in [-0.2, 0) is 16.9 Å². The number of hydrogen-bond donors (Lipinski definition) is 1. The predicted molar refractivity (Wildman–Crippen MR) is 90.9 cm³/mol. The molecule has 0 spiro atoms. The molecular weight excluding hydrogens is 304 g/mol. The molecule has 1 saturated carbocycles. The Labute approximate surface area is 140 Å². The van der Waals surface area contributed by atoms with E-state index in [0.717, 1.165) is 52.9 Å². The van der Waals surface area contributed by atoms with Crippen LogP contribution in [0.4, 0.5) is 5.82 Å². The molecule has 1 aliphatic carbocycles. The number of carbonyl (C=O) groups excluding carboxylic acids is 1. The van der Waals surface area contributed by atoms with E-state index in [4.69, 9.17) is 9.97 Å². The van der Waals surface area contributed by atoms with Crippen molar-refractivity contribution in [1.29, 1.82) is 0 Å². The average Bonchev–Trinajstić information content (AvgIpc) is 2.96. The summed E-state index contributed by atoms with van der Waals surface area (Å²) >= 11 is 0. The van der Waals surface area contributed by atoms with Gasteiger partial charge in [-0.15, -0.1) is 0 Å². The smallest absolute Gasteiger partial charge is 0.221 e. The van der Waals surface area contributed by atoms with Gasteiger partial charge < -0.3 is 10.2 Å². The maximum Gasteiger partial charge on any atom is 0.221 e. The quantitative estimate of drug-likeness (QED) is 0.837. The second kappa shape index (κ2) is 6.59. The summed E-state index contributed by atoms with van der Waals surface area (Å²) in [5.74, 6) is 2.92. The molecule has 2 radical (unpaired) electrons. The maximum atomic E-state index is 11.6. The van der Waals surface area contributed by atoms with Crippen molar-refractivity contribution in [2.75, 3.05) is 24.5 Å². The number of anilines is 1. The van der Waals surface area contributed by atoms with Gasteiger partial charge in [-0.25, -0.2) is 9.97 Å². The zero-order chi connectivity index (χ0) is 15.6. The highest BCUT2D eigenvalue weighted by Gasteiger charge is 2.27. The summed E-state index contributed by atoms with van der Waals surface area (Å²) in [6.45, 7) is 2.36. The van der Waals surface area contributed by atoms with Gasteiger partial charge in [0.05, 0.1) is 9.52 Å². The first-order chi connectivity index (χ1) is 11.3. The van der Waals surface area contributed by atoms with Gasteiger partial charge in [-0.1, -0.05) is 19.3 Å². The van der Waals surface area contributed by atoms with Crippen LogP contribution in [0.25, 0.3) is 0 Å². The number of aromatic nitrogens is 2. The molecule has 2 aliphatic heterocycles. The van der Waals surface area contributed by atoms with Crippen LogP contribution in [0, 0.1) is 0 Å². The Morgan fingerprint density at radius 3 is 2.83 bits per heavy atom. The molecule has 4 rings (SSSR count). The number of amides is 1. The number of carbonyl (C=O) groups is 1. The monoisotopic (exact) mass is 328 g/mol. The molecule has 3 aliphatic rings. The van der Waals surface area contributed by atoms with Gasteiger partial charge >= 0.3 is 0 Å². The summed E-state index contributed by atoms with van der Waals surface area (Å²) < 4.78 is 0. The van der Waals surface area contributed by atoms with E-state index in [2.05, 4.69) is 10.2 Å². The molecule has 0 unspecified atom stereocenters. The molecule has 1 N–H and O–H groups in total. The van der Waals surface area contributed by atoms with E-state index in [1.54, 1.807) is 0 Å². The molecule has 122 valence electrons. The Bertz CT molecular complexity index is 601. The van der Waals surface area contributed by atoms with Crippen molar-refractivity contribution in [3.05, 3.63) is 17.1 Å². The van der Waals surface area contributed by atoms with Crippen molar-refractivity contribution in [3.8, 4) is 0 Å². The summed E-state index contributed by atoms with van der Waals surface area (Å²) in [6, 6.07) is 2.24. The Balaban J connectivity index is 1.67. The van der Waals surface area contributed by atoms with E-state index >= 15 is 0 Å². The van der Waals surface area contributed by atoms with Crippen molar-refractivity contribution >= 4 is 21.2 Å². The largest absolute Gasteiger partial charge is 0.354 e. The minimum atomic E-state index is 0.160. The minimum absolute atomic E-state index is 0.160. The molecule has 1 amide bonds. The summed E-state index contributed by atoms with van der Waals surface area (Å²) in [5.41, 5.74) is 2.65. The molecule has 1 aromatic heterocycles. The van der Waals surface area contributed by atoms with Crippen molar-refractivity contribution in [2.45, 2.75) is 56.5 Å². The first-order valence-electron chi connectivity index (χ1n) is 8.93. The topological polar surface area (TPSA) is 58.1 Å². The molecule has 1 saturated heterocycles. The molecule has 1 aromatic rings. The molecule has 0 atom stereocenters. The van der Waals surface area contributed by atoms with E-state index in [1.165, 1.54) is 43.4 Å². The lowest BCUT2D eigenvalue weighted by Crippen LogP contribution is -2.30. The summed E-state index contributed by atoms with van der Waals surface area (Å²) in [6.07, 6.45) is 7.02. The lowest BCUT2D eigenvalue weighted by atomic mass is 9.88. The zero-order valence-electron chi connectivity index (χ0n) is 13.6. The Morgan fingerprint density at radius 2 is 1.96 bits per heavy atom. The highest BCUT2D eigenvalue weighted by molar-refractivity contribution is 6.36. The molecule has 3 heterocycles. The van der Waals surface area contributed by atoms with E-state index in [-0.39, 0.29) is 5.91 Å². The van der Waals surface area contributed by atoms with Crippen LogP contribution in [0.2, 0.25) is 0 Å². The second-order valence-corrected chi connectivity index (χ2v) is 8.06. The number of nitrogens with zero attached hydrogens (tertiary/aromatic N) is 3. The van der Waals surface area contributed by atoms with Gasteiger partial charge in [0.15, 0.2) is 0 Å². The van der Waals surface area contributed by atoms with Crippen molar-refractivity contribution in [2.24, 2.45) is 0 Å². The third kappa shape index (κ3) is 3.13. The molecule has 2 fully saturated rings. The SMILES string of the molecule is O=C1CCN(c2nc(C3CCCCC3)nc3c2C[Si]C3)CCN1. The molecule has 6 heteroatoms. The van der Waals surface area contributed by atoms with Gasteiger partial charge in [-0.3, -0.25) is 4.79 Å². The number of hydrogen-bond acceptors (Lipinski definition) is 4.